The van der Waals surface area contributed by atoms with Crippen molar-refractivity contribution in [2.45, 2.75) is 6.61 Å². The monoisotopic (exact) mass is 355 g/mol. The highest BCUT2D eigenvalue weighted by molar-refractivity contribution is 6.30. The highest BCUT2D eigenvalue weighted by Gasteiger charge is 2.12. The third kappa shape index (κ3) is 3.16. The van der Waals surface area contributed by atoms with E-state index in [0.29, 0.717) is 28.2 Å². The lowest BCUT2D eigenvalue weighted by molar-refractivity contribution is 0.266. The van der Waals surface area contributed by atoms with E-state index in [0.717, 1.165) is 5.56 Å². The summed E-state index contributed by atoms with van der Waals surface area (Å²) in [7, 11) is 0. The highest BCUT2D eigenvalue weighted by atomic mass is 35.5. The van der Waals surface area contributed by atoms with Crippen LogP contribution < -0.4 is 4.74 Å². The van der Waals surface area contributed by atoms with Crippen molar-refractivity contribution >= 4 is 22.6 Å². The van der Waals surface area contributed by atoms with Crippen LogP contribution in [0.2, 0.25) is 5.02 Å². The Bertz CT molecular complexity index is 1040. The summed E-state index contributed by atoms with van der Waals surface area (Å²) in [6.07, 6.45) is 3.28. The number of hydrogen-bond donors (Lipinski definition) is 0. The molecule has 7 heteroatoms. The Hall–Kier alpha value is -2.99. The molecule has 0 spiro atoms. The number of nitrogens with zero attached hydrogens (tertiary/aromatic N) is 3. The van der Waals surface area contributed by atoms with E-state index < -0.39 is 5.82 Å². The quantitative estimate of drug-likeness (QED) is 0.533. The van der Waals surface area contributed by atoms with E-state index in [-0.39, 0.29) is 11.6 Å². The molecule has 0 aliphatic heterocycles. The molecule has 25 heavy (non-hydrogen) atoms. The lowest BCUT2D eigenvalue weighted by atomic mass is 10.0. The fourth-order valence-corrected chi connectivity index (χ4v) is 2.53. The summed E-state index contributed by atoms with van der Waals surface area (Å²) in [6.45, 7) is 0.169. The summed E-state index contributed by atoms with van der Waals surface area (Å²) in [4.78, 5) is 8.19. The van der Waals surface area contributed by atoms with Crippen molar-refractivity contribution in [1.29, 1.82) is 0 Å². The Morgan fingerprint density at radius 2 is 1.80 bits per heavy atom. The van der Waals surface area contributed by atoms with Crippen LogP contribution in [0, 0.1) is 5.82 Å². The van der Waals surface area contributed by atoms with Gasteiger partial charge >= 0.3 is 0 Å². The minimum Gasteiger partial charge on any atom is -0.467 e. The van der Waals surface area contributed by atoms with Gasteiger partial charge in [0.15, 0.2) is 11.4 Å². The summed E-state index contributed by atoms with van der Waals surface area (Å²) >= 11 is 5.74. The van der Waals surface area contributed by atoms with Crippen LogP contribution in [0.5, 0.6) is 5.88 Å². The first-order chi connectivity index (χ1) is 12.2. The number of benzene rings is 2. The molecule has 0 atom stereocenters. The van der Waals surface area contributed by atoms with Crippen molar-refractivity contribution in [2.75, 3.05) is 0 Å². The zero-order chi connectivity index (χ0) is 17.2. The van der Waals surface area contributed by atoms with Crippen molar-refractivity contribution in [3.05, 3.63) is 71.5 Å². The molecular formula is C18H11ClFN3O2. The standard InChI is InChI=1S/C18H11ClFN3O2/c19-14-4-2-12(9-15(14)20)11-3-5-16-13(8-11)18(23-25-16)24-10-17-21-6-1-7-22-17/h1-9H,10H2. The van der Waals surface area contributed by atoms with Gasteiger partial charge in [0, 0.05) is 12.4 Å². The molecule has 0 saturated carbocycles. The second-order valence-electron chi connectivity index (χ2n) is 5.28. The maximum absolute atomic E-state index is 13.7. The van der Waals surface area contributed by atoms with Gasteiger partial charge in [-0.15, -0.1) is 0 Å². The topological polar surface area (TPSA) is 61.0 Å². The predicted octanol–water partition coefficient (Wildman–Crippen LogP) is 4.66. The van der Waals surface area contributed by atoms with Crippen molar-refractivity contribution in [3.63, 3.8) is 0 Å². The van der Waals surface area contributed by atoms with Gasteiger partial charge in [-0.2, -0.15) is 0 Å². The van der Waals surface area contributed by atoms with E-state index in [2.05, 4.69) is 15.1 Å². The number of halogens is 2. The largest absolute Gasteiger partial charge is 0.467 e. The van der Waals surface area contributed by atoms with E-state index in [9.17, 15) is 4.39 Å². The summed E-state index contributed by atoms with van der Waals surface area (Å²) in [6, 6.07) is 11.8. The SMILES string of the molecule is Fc1cc(-c2ccc3onc(OCc4ncccn4)c3c2)ccc1Cl. The fraction of sp³-hybridized carbons (Fsp3) is 0.0556. The minimum atomic E-state index is -0.470. The molecule has 0 radical (unpaired) electrons. The zero-order valence-corrected chi connectivity index (χ0v) is 13.6. The van der Waals surface area contributed by atoms with Gasteiger partial charge in [-0.25, -0.2) is 14.4 Å². The van der Waals surface area contributed by atoms with Crippen LogP contribution in [0.15, 0.2) is 59.4 Å². The fourth-order valence-electron chi connectivity index (χ4n) is 2.41. The molecule has 5 nitrogen and oxygen atoms in total. The smallest absolute Gasteiger partial charge is 0.262 e. The lowest BCUT2D eigenvalue weighted by Gasteiger charge is -2.04. The Labute approximate surface area is 147 Å². The van der Waals surface area contributed by atoms with Crippen molar-refractivity contribution < 1.29 is 13.7 Å². The molecule has 0 fully saturated rings. The van der Waals surface area contributed by atoms with Crippen LogP contribution in [0.25, 0.3) is 22.1 Å². The number of rotatable bonds is 4. The average molecular weight is 356 g/mol. The molecule has 2 heterocycles. The lowest BCUT2D eigenvalue weighted by Crippen LogP contribution is -2.00. The van der Waals surface area contributed by atoms with Gasteiger partial charge in [0.25, 0.3) is 5.88 Å². The van der Waals surface area contributed by atoms with Gasteiger partial charge in [-0.05, 0) is 46.6 Å². The van der Waals surface area contributed by atoms with Gasteiger partial charge in [0.1, 0.15) is 12.4 Å². The average Bonchev–Trinajstić information content (AvgIpc) is 3.05. The Morgan fingerprint density at radius 3 is 2.60 bits per heavy atom. The van der Waals surface area contributed by atoms with Gasteiger partial charge in [0.2, 0.25) is 0 Å². The van der Waals surface area contributed by atoms with Gasteiger partial charge in [-0.3, -0.25) is 0 Å². The van der Waals surface area contributed by atoms with E-state index in [1.807, 2.05) is 12.1 Å². The molecular weight excluding hydrogens is 345 g/mol. The van der Waals surface area contributed by atoms with Crippen LogP contribution in [0.3, 0.4) is 0 Å². The first kappa shape index (κ1) is 15.5. The van der Waals surface area contributed by atoms with Gasteiger partial charge < -0.3 is 9.26 Å². The van der Waals surface area contributed by atoms with Crippen LogP contribution in [-0.2, 0) is 6.61 Å². The van der Waals surface area contributed by atoms with Crippen LogP contribution >= 0.6 is 11.6 Å². The summed E-state index contributed by atoms with van der Waals surface area (Å²) in [5.74, 6) is 0.399. The molecule has 2 aromatic carbocycles. The Kier molecular flexibility index (Phi) is 4.03. The molecule has 0 aliphatic carbocycles. The molecule has 4 aromatic rings. The third-order valence-electron chi connectivity index (χ3n) is 3.65. The molecule has 2 aromatic heterocycles. The van der Waals surface area contributed by atoms with E-state index >= 15 is 0 Å². The van der Waals surface area contributed by atoms with Crippen molar-refractivity contribution in [2.24, 2.45) is 0 Å². The van der Waals surface area contributed by atoms with Gasteiger partial charge in [0.05, 0.1) is 10.4 Å². The van der Waals surface area contributed by atoms with E-state index in [1.54, 1.807) is 30.6 Å². The first-order valence-corrected chi connectivity index (χ1v) is 7.82. The maximum atomic E-state index is 13.7. The molecule has 0 saturated heterocycles. The normalized spacial score (nSPS) is 11.0. The first-order valence-electron chi connectivity index (χ1n) is 7.44. The summed E-state index contributed by atoms with van der Waals surface area (Å²) in [5, 5.41) is 4.70. The molecule has 0 N–H and O–H groups in total. The maximum Gasteiger partial charge on any atom is 0.262 e. The highest BCUT2D eigenvalue weighted by Crippen LogP contribution is 2.31. The molecule has 4 rings (SSSR count). The molecule has 124 valence electrons. The summed E-state index contributed by atoms with van der Waals surface area (Å²) in [5.41, 5.74) is 2.07. The number of ether oxygens (including phenoxy) is 1. The Morgan fingerprint density at radius 1 is 1.04 bits per heavy atom. The van der Waals surface area contributed by atoms with Crippen LogP contribution in [0.1, 0.15) is 5.82 Å². The van der Waals surface area contributed by atoms with E-state index in [1.165, 1.54) is 12.1 Å². The predicted molar refractivity (Wildman–Crippen MR) is 90.8 cm³/mol. The number of fused-ring (bicyclic) bond motifs is 1. The minimum absolute atomic E-state index is 0.0849. The van der Waals surface area contributed by atoms with Crippen molar-refractivity contribution in [3.8, 4) is 17.0 Å². The third-order valence-corrected chi connectivity index (χ3v) is 3.95. The zero-order valence-electron chi connectivity index (χ0n) is 12.8. The van der Waals surface area contributed by atoms with Gasteiger partial charge in [-0.1, -0.05) is 23.7 Å². The molecule has 0 bridgehead atoms. The molecule has 0 unspecified atom stereocenters. The number of hydrogen-bond acceptors (Lipinski definition) is 5. The summed E-state index contributed by atoms with van der Waals surface area (Å²) < 4.78 is 24.6. The second kappa shape index (κ2) is 6.49. The number of aromatic nitrogens is 3. The van der Waals surface area contributed by atoms with Crippen LogP contribution in [0.4, 0.5) is 4.39 Å². The molecule has 0 amide bonds. The Balaban J connectivity index is 1.66. The van der Waals surface area contributed by atoms with Crippen LogP contribution in [-0.4, -0.2) is 15.1 Å². The second-order valence-corrected chi connectivity index (χ2v) is 5.69. The van der Waals surface area contributed by atoms with E-state index in [4.69, 9.17) is 20.9 Å². The van der Waals surface area contributed by atoms with Crippen molar-refractivity contribution in [1.82, 2.24) is 15.1 Å². The molecule has 0 aliphatic rings.